The highest BCUT2D eigenvalue weighted by atomic mass is 32.1. The Kier molecular flexibility index (Phi) is 6.65. The minimum atomic E-state index is 0.362. The van der Waals surface area contributed by atoms with E-state index in [1.807, 2.05) is 6.07 Å². The van der Waals surface area contributed by atoms with E-state index < -0.39 is 0 Å². The fourth-order valence-electron chi connectivity index (χ4n) is 2.88. The molecule has 27 heavy (non-hydrogen) atoms. The summed E-state index contributed by atoms with van der Waals surface area (Å²) >= 11 is 1.49. The van der Waals surface area contributed by atoms with Gasteiger partial charge in [-0.05, 0) is 12.8 Å². The predicted octanol–water partition coefficient (Wildman–Crippen LogP) is 2.50. The quantitative estimate of drug-likeness (QED) is 0.598. The smallest absolute Gasteiger partial charge is 0.205 e. The highest BCUT2D eigenvalue weighted by molar-refractivity contribution is 7.09. The van der Waals surface area contributed by atoms with Crippen LogP contribution in [0.4, 0.5) is 5.13 Å². The number of anilines is 1. The van der Waals surface area contributed by atoms with Gasteiger partial charge in [-0.25, -0.2) is 9.98 Å². The van der Waals surface area contributed by atoms with Crippen molar-refractivity contribution in [1.82, 2.24) is 24.7 Å². The molecule has 1 aliphatic heterocycles. The molecule has 3 rings (SSSR count). The molecular formula is C18H29N7OS. The average Bonchev–Trinajstić information content (AvgIpc) is 3.35. The molecule has 1 fully saturated rings. The number of nitrogens with one attached hydrogen (secondary N) is 1. The fraction of sp³-hybridized carbons (Fsp3) is 0.667. The van der Waals surface area contributed by atoms with Crippen LogP contribution in [0.1, 0.15) is 50.9 Å². The third-order valence-electron chi connectivity index (χ3n) is 4.51. The number of hydrogen-bond acceptors (Lipinski definition) is 7. The first kappa shape index (κ1) is 19.6. The predicted molar refractivity (Wildman–Crippen MR) is 108 cm³/mol. The molecule has 8 nitrogen and oxygen atoms in total. The average molecular weight is 392 g/mol. The maximum atomic E-state index is 5.40. The van der Waals surface area contributed by atoms with Crippen molar-refractivity contribution in [2.45, 2.75) is 46.6 Å². The molecule has 9 heteroatoms. The van der Waals surface area contributed by atoms with Crippen LogP contribution in [0.2, 0.25) is 0 Å². The highest BCUT2D eigenvalue weighted by Crippen LogP contribution is 2.19. The zero-order valence-corrected chi connectivity index (χ0v) is 17.4. The molecule has 0 amide bonds. The molecule has 0 atom stereocenters. The molecule has 148 valence electrons. The van der Waals surface area contributed by atoms with E-state index in [-0.39, 0.29) is 0 Å². The minimum absolute atomic E-state index is 0.362. The normalized spacial score (nSPS) is 15.7. The fourth-order valence-corrected chi connectivity index (χ4v) is 3.68. The topological polar surface area (TPSA) is 82.7 Å². The molecule has 0 bridgehead atoms. The molecule has 0 unspecified atom stereocenters. The maximum Gasteiger partial charge on any atom is 0.205 e. The van der Waals surface area contributed by atoms with Crippen molar-refractivity contribution in [2.24, 2.45) is 4.99 Å². The molecule has 0 spiro atoms. The lowest BCUT2D eigenvalue weighted by Gasteiger charge is -2.36. The van der Waals surface area contributed by atoms with E-state index in [0.717, 1.165) is 67.5 Å². The van der Waals surface area contributed by atoms with Crippen LogP contribution < -0.4 is 10.2 Å². The summed E-state index contributed by atoms with van der Waals surface area (Å²) in [5.74, 6) is 3.02. The number of aliphatic imine (C=N–C) groups is 1. The number of hydrogen-bond donors (Lipinski definition) is 1. The Morgan fingerprint density at radius 1 is 1.30 bits per heavy atom. The number of aromatic nitrogens is 3. The van der Waals surface area contributed by atoms with Crippen LogP contribution in [0.25, 0.3) is 0 Å². The number of piperazine rings is 1. The lowest BCUT2D eigenvalue weighted by molar-refractivity contribution is 0.363. The molecule has 0 aromatic carbocycles. The van der Waals surface area contributed by atoms with E-state index in [2.05, 4.69) is 57.3 Å². The molecule has 1 N–H and O–H groups in total. The first-order valence-electron chi connectivity index (χ1n) is 9.67. The van der Waals surface area contributed by atoms with Crippen molar-refractivity contribution >= 4 is 22.6 Å². The summed E-state index contributed by atoms with van der Waals surface area (Å²) in [6, 6.07) is 2.00. The lowest BCUT2D eigenvalue weighted by atomic mass is 10.1. The molecule has 0 radical (unpaired) electrons. The van der Waals surface area contributed by atoms with Crippen molar-refractivity contribution < 1.29 is 4.52 Å². The van der Waals surface area contributed by atoms with Crippen LogP contribution in [0.3, 0.4) is 0 Å². The Labute approximate surface area is 164 Å². The van der Waals surface area contributed by atoms with Gasteiger partial charge < -0.3 is 19.6 Å². The van der Waals surface area contributed by atoms with Gasteiger partial charge in [-0.1, -0.05) is 25.9 Å². The number of rotatable bonds is 6. The molecule has 0 aliphatic carbocycles. The summed E-state index contributed by atoms with van der Waals surface area (Å²) in [5, 5.41) is 8.52. The lowest BCUT2D eigenvalue weighted by Crippen LogP contribution is -2.52. The van der Waals surface area contributed by atoms with E-state index in [4.69, 9.17) is 9.52 Å². The van der Waals surface area contributed by atoms with Crippen molar-refractivity contribution in [2.75, 3.05) is 37.6 Å². The van der Waals surface area contributed by atoms with Crippen LogP contribution in [0.15, 0.2) is 15.6 Å². The van der Waals surface area contributed by atoms with Gasteiger partial charge in [-0.2, -0.15) is 4.37 Å². The van der Waals surface area contributed by atoms with Gasteiger partial charge in [0.1, 0.15) is 12.4 Å². The van der Waals surface area contributed by atoms with Crippen molar-refractivity contribution in [3.63, 3.8) is 0 Å². The van der Waals surface area contributed by atoms with Crippen LogP contribution in [0.5, 0.6) is 0 Å². The minimum Gasteiger partial charge on any atom is -0.359 e. The van der Waals surface area contributed by atoms with E-state index in [0.29, 0.717) is 12.5 Å². The third kappa shape index (κ3) is 4.97. The van der Waals surface area contributed by atoms with Gasteiger partial charge in [0, 0.05) is 56.7 Å². The summed E-state index contributed by atoms with van der Waals surface area (Å²) < 4.78 is 9.80. The standard InChI is InChI=1S/C18H29N7OS/c1-5-16-21-18(27-23-16)25-9-7-24(8-10-25)17(19-6-2)20-12-14-11-15(13(3)4)22-26-14/h11,13H,5-10,12H2,1-4H3,(H,19,20). The Morgan fingerprint density at radius 2 is 2.07 bits per heavy atom. The first-order valence-corrected chi connectivity index (χ1v) is 10.4. The summed E-state index contributed by atoms with van der Waals surface area (Å²) in [6.45, 7) is 13.4. The van der Waals surface area contributed by atoms with E-state index in [1.165, 1.54) is 11.5 Å². The molecule has 3 heterocycles. The van der Waals surface area contributed by atoms with Gasteiger partial charge >= 0.3 is 0 Å². The Morgan fingerprint density at radius 3 is 2.67 bits per heavy atom. The maximum absolute atomic E-state index is 5.40. The van der Waals surface area contributed by atoms with Crippen LogP contribution in [0, 0.1) is 0 Å². The monoisotopic (exact) mass is 391 g/mol. The van der Waals surface area contributed by atoms with Gasteiger partial charge in [0.05, 0.1) is 5.69 Å². The van der Waals surface area contributed by atoms with Gasteiger partial charge in [0.25, 0.3) is 0 Å². The van der Waals surface area contributed by atoms with Gasteiger partial charge in [-0.3, -0.25) is 0 Å². The second kappa shape index (κ2) is 9.16. The van der Waals surface area contributed by atoms with Crippen LogP contribution >= 0.6 is 11.5 Å². The largest absolute Gasteiger partial charge is 0.359 e. The summed E-state index contributed by atoms with van der Waals surface area (Å²) in [7, 11) is 0. The molecule has 1 aliphatic rings. The van der Waals surface area contributed by atoms with Gasteiger partial charge in [-0.15, -0.1) is 0 Å². The van der Waals surface area contributed by atoms with Crippen molar-refractivity contribution in [3.8, 4) is 0 Å². The Balaban J connectivity index is 1.59. The van der Waals surface area contributed by atoms with Crippen LogP contribution in [-0.4, -0.2) is 58.1 Å². The second-order valence-corrected chi connectivity index (χ2v) is 7.59. The number of nitrogens with zero attached hydrogens (tertiary/aromatic N) is 6. The van der Waals surface area contributed by atoms with Crippen LogP contribution in [-0.2, 0) is 13.0 Å². The zero-order chi connectivity index (χ0) is 19.2. The Hall–Kier alpha value is -2.16. The second-order valence-electron chi connectivity index (χ2n) is 6.86. The summed E-state index contributed by atoms with van der Waals surface area (Å²) in [6.07, 6.45) is 0.883. The molecule has 0 saturated carbocycles. The van der Waals surface area contributed by atoms with E-state index in [9.17, 15) is 0 Å². The van der Waals surface area contributed by atoms with Gasteiger partial charge in [0.2, 0.25) is 5.13 Å². The zero-order valence-electron chi connectivity index (χ0n) is 16.6. The van der Waals surface area contributed by atoms with Crippen molar-refractivity contribution in [1.29, 1.82) is 0 Å². The van der Waals surface area contributed by atoms with E-state index >= 15 is 0 Å². The van der Waals surface area contributed by atoms with E-state index in [1.54, 1.807) is 0 Å². The van der Waals surface area contributed by atoms with Gasteiger partial charge in [0.15, 0.2) is 11.7 Å². The third-order valence-corrected chi connectivity index (χ3v) is 5.33. The molecule has 1 saturated heterocycles. The van der Waals surface area contributed by atoms with Crippen molar-refractivity contribution in [3.05, 3.63) is 23.3 Å². The highest BCUT2D eigenvalue weighted by Gasteiger charge is 2.22. The SMILES string of the molecule is CCNC(=NCc1cc(C(C)C)no1)N1CCN(c2nc(CC)ns2)CC1. The Bertz CT molecular complexity index is 746. The summed E-state index contributed by atoms with van der Waals surface area (Å²) in [5.41, 5.74) is 0.974. The first-order chi connectivity index (χ1) is 13.1. The molecule has 2 aromatic rings. The number of guanidine groups is 1. The summed E-state index contributed by atoms with van der Waals surface area (Å²) in [4.78, 5) is 14.0. The molecular weight excluding hydrogens is 362 g/mol. The molecule has 2 aromatic heterocycles. The number of aryl methyl sites for hydroxylation is 1.